The maximum Gasteiger partial charge on any atom is 0.0727 e. The lowest BCUT2D eigenvalue weighted by molar-refractivity contribution is 1.16. The van der Waals surface area contributed by atoms with Crippen LogP contribution in [0.4, 0.5) is 0 Å². The zero-order valence-electron chi connectivity index (χ0n) is 20.9. The number of aromatic nitrogens is 3. The van der Waals surface area contributed by atoms with Crippen molar-refractivity contribution in [3.05, 3.63) is 128 Å². The summed E-state index contributed by atoms with van der Waals surface area (Å²) < 4.78 is 7.54. The Balaban J connectivity index is 1.69. The van der Waals surface area contributed by atoms with Gasteiger partial charge in [-0.2, -0.15) is 0 Å². The molecule has 0 fully saturated rings. The molecule has 0 unspecified atom stereocenters. The highest BCUT2D eigenvalue weighted by atomic mass is 32.1. The third-order valence-electron chi connectivity index (χ3n) is 7.98. The average molecular weight is 516 g/mol. The van der Waals surface area contributed by atoms with Crippen LogP contribution in [0.25, 0.3) is 75.2 Å². The average Bonchev–Trinajstić information content (AvgIpc) is 3.66. The minimum absolute atomic E-state index is 1.12. The quantitative estimate of drug-likeness (QED) is 0.225. The van der Waals surface area contributed by atoms with E-state index in [2.05, 4.69) is 129 Å². The maximum atomic E-state index is 4.33. The number of hydrogen-bond acceptors (Lipinski definition) is 2. The topological polar surface area (TPSA) is 22.8 Å². The molecule has 0 radical (unpaired) electrons. The smallest absolute Gasteiger partial charge is 0.0727 e. The highest BCUT2D eigenvalue weighted by Gasteiger charge is 2.26. The molecule has 4 heterocycles. The second-order valence-electron chi connectivity index (χ2n) is 10.00. The number of benzene rings is 5. The first-order valence-corrected chi connectivity index (χ1v) is 14.0. The van der Waals surface area contributed by atoms with Crippen LogP contribution in [0, 0.1) is 0 Å². The van der Waals surface area contributed by atoms with Crippen molar-refractivity contribution in [3.63, 3.8) is 0 Å². The number of thiophene rings is 1. The number of pyridine rings is 1. The Morgan fingerprint density at radius 1 is 0.462 bits per heavy atom. The van der Waals surface area contributed by atoms with Crippen molar-refractivity contribution in [2.75, 3.05) is 0 Å². The van der Waals surface area contributed by atoms with Crippen molar-refractivity contribution < 1.29 is 0 Å². The summed E-state index contributed by atoms with van der Waals surface area (Å²) >= 11 is 1.90. The Labute approximate surface area is 227 Å². The van der Waals surface area contributed by atoms with Crippen LogP contribution in [0.15, 0.2) is 128 Å². The van der Waals surface area contributed by atoms with Gasteiger partial charge >= 0.3 is 0 Å². The van der Waals surface area contributed by atoms with Crippen LogP contribution < -0.4 is 0 Å². The van der Waals surface area contributed by atoms with Crippen molar-refractivity contribution in [1.82, 2.24) is 14.1 Å². The molecule has 39 heavy (non-hydrogen) atoms. The van der Waals surface area contributed by atoms with E-state index >= 15 is 0 Å². The fraction of sp³-hybridized carbons (Fsp3) is 0. The van der Waals surface area contributed by atoms with Crippen molar-refractivity contribution in [1.29, 1.82) is 0 Å². The second kappa shape index (κ2) is 7.79. The summed E-state index contributed by atoms with van der Waals surface area (Å²) in [6, 6.07) is 41.6. The third-order valence-corrected chi connectivity index (χ3v) is 9.16. The fourth-order valence-electron chi connectivity index (χ4n) is 6.49. The highest BCUT2D eigenvalue weighted by molar-refractivity contribution is 7.27. The lowest BCUT2D eigenvalue weighted by atomic mass is 10.0. The first kappa shape index (κ1) is 21.1. The van der Waals surface area contributed by atoms with Crippen LogP contribution in [0.5, 0.6) is 0 Å². The Kier molecular flexibility index (Phi) is 4.21. The molecule has 0 aliphatic rings. The van der Waals surface area contributed by atoms with E-state index in [4.69, 9.17) is 0 Å². The molecule has 182 valence electrons. The van der Waals surface area contributed by atoms with Gasteiger partial charge in [-0.1, -0.05) is 72.8 Å². The molecule has 0 spiro atoms. The molecule has 5 aromatic carbocycles. The molecule has 0 atom stereocenters. The standard InChI is InChI=1S/C35H21N3S/c1-2-10-22(11-3-1)38-28-16-8-5-13-25(28)31-30-24-12-4-7-15-27(24)37(23-18-20-36-21-19-23)33(30)32-26-14-6-9-17-29(26)39-35(32)34(31)38/h1-21H. The van der Waals surface area contributed by atoms with Gasteiger partial charge in [0.25, 0.3) is 0 Å². The van der Waals surface area contributed by atoms with E-state index in [-0.39, 0.29) is 0 Å². The SMILES string of the molecule is c1ccc(-n2c3ccccc3c3c4c5ccccc5n(-c5ccncc5)c4c4c5ccccc5sc4c32)cc1. The van der Waals surface area contributed by atoms with Gasteiger partial charge in [-0.25, -0.2) is 0 Å². The maximum absolute atomic E-state index is 4.33. The van der Waals surface area contributed by atoms with Crippen molar-refractivity contribution in [3.8, 4) is 11.4 Å². The normalized spacial score (nSPS) is 12.1. The van der Waals surface area contributed by atoms with Crippen LogP contribution in [-0.2, 0) is 0 Å². The molecular formula is C35H21N3S. The van der Waals surface area contributed by atoms with E-state index in [0.29, 0.717) is 0 Å². The van der Waals surface area contributed by atoms with Crippen LogP contribution in [0.3, 0.4) is 0 Å². The van der Waals surface area contributed by atoms with Gasteiger partial charge in [0.2, 0.25) is 0 Å². The van der Waals surface area contributed by atoms with Gasteiger partial charge in [0.15, 0.2) is 0 Å². The molecule has 0 saturated heterocycles. The number of nitrogens with zero attached hydrogens (tertiary/aromatic N) is 3. The van der Waals surface area contributed by atoms with Gasteiger partial charge in [0.1, 0.15) is 0 Å². The predicted octanol–water partition coefficient (Wildman–Crippen LogP) is 9.64. The molecule has 0 bridgehead atoms. The number of fused-ring (bicyclic) bond motifs is 12. The zero-order chi connectivity index (χ0) is 25.5. The number of hydrogen-bond donors (Lipinski definition) is 0. The van der Waals surface area contributed by atoms with Gasteiger partial charge in [0, 0.05) is 60.8 Å². The molecule has 0 amide bonds. The summed E-state index contributed by atoms with van der Waals surface area (Å²) in [5.41, 5.74) is 7.28. The van der Waals surface area contributed by atoms with Crippen LogP contribution in [-0.4, -0.2) is 14.1 Å². The van der Waals surface area contributed by atoms with Gasteiger partial charge in [0.05, 0.1) is 26.8 Å². The molecule has 0 aliphatic heterocycles. The van der Waals surface area contributed by atoms with Gasteiger partial charge in [-0.05, 0) is 42.5 Å². The number of para-hydroxylation sites is 3. The Bertz CT molecular complexity index is 2370. The van der Waals surface area contributed by atoms with Crippen LogP contribution in [0.1, 0.15) is 0 Å². The molecule has 0 N–H and O–H groups in total. The summed E-state index contributed by atoms with van der Waals surface area (Å²) in [4.78, 5) is 4.33. The summed E-state index contributed by atoms with van der Waals surface area (Å²) in [5, 5.41) is 7.77. The van der Waals surface area contributed by atoms with Crippen molar-refractivity contribution >= 4 is 75.1 Å². The minimum Gasteiger partial charge on any atom is -0.308 e. The van der Waals surface area contributed by atoms with E-state index in [1.807, 2.05) is 23.7 Å². The number of rotatable bonds is 2. The van der Waals surface area contributed by atoms with E-state index in [1.54, 1.807) is 0 Å². The first-order valence-electron chi connectivity index (χ1n) is 13.2. The molecule has 0 saturated carbocycles. The molecule has 3 nitrogen and oxygen atoms in total. The second-order valence-corrected chi connectivity index (χ2v) is 11.0. The van der Waals surface area contributed by atoms with Gasteiger partial charge < -0.3 is 9.13 Å². The molecule has 9 rings (SSSR count). The third kappa shape index (κ3) is 2.73. The van der Waals surface area contributed by atoms with E-state index in [0.717, 1.165) is 5.69 Å². The largest absolute Gasteiger partial charge is 0.308 e. The Morgan fingerprint density at radius 2 is 1.00 bits per heavy atom. The summed E-state index contributed by atoms with van der Waals surface area (Å²) in [7, 11) is 0. The molecule has 0 aliphatic carbocycles. The summed E-state index contributed by atoms with van der Waals surface area (Å²) in [5.74, 6) is 0. The van der Waals surface area contributed by atoms with Gasteiger partial charge in [-0.3, -0.25) is 4.98 Å². The van der Waals surface area contributed by atoms with E-state index < -0.39 is 0 Å². The lowest BCUT2D eigenvalue weighted by Crippen LogP contribution is -1.95. The van der Waals surface area contributed by atoms with Crippen molar-refractivity contribution in [2.24, 2.45) is 0 Å². The monoisotopic (exact) mass is 515 g/mol. The van der Waals surface area contributed by atoms with E-state index in [1.165, 1.54) is 69.5 Å². The highest BCUT2D eigenvalue weighted by Crippen LogP contribution is 2.50. The summed E-state index contributed by atoms with van der Waals surface area (Å²) in [6.07, 6.45) is 3.78. The molecule has 4 aromatic heterocycles. The minimum atomic E-state index is 1.12. The van der Waals surface area contributed by atoms with Crippen LogP contribution in [0.2, 0.25) is 0 Å². The van der Waals surface area contributed by atoms with E-state index in [9.17, 15) is 0 Å². The predicted molar refractivity (Wildman–Crippen MR) is 166 cm³/mol. The molecule has 4 heteroatoms. The molecular weight excluding hydrogens is 494 g/mol. The Hall–Kier alpha value is -4.93. The lowest BCUT2D eigenvalue weighted by Gasteiger charge is -2.11. The Morgan fingerprint density at radius 3 is 1.72 bits per heavy atom. The zero-order valence-corrected chi connectivity index (χ0v) is 21.7. The molecule has 9 aromatic rings. The summed E-state index contributed by atoms with van der Waals surface area (Å²) in [6.45, 7) is 0. The van der Waals surface area contributed by atoms with Crippen LogP contribution >= 0.6 is 11.3 Å². The van der Waals surface area contributed by atoms with Crippen molar-refractivity contribution in [2.45, 2.75) is 0 Å². The fourth-order valence-corrected chi connectivity index (χ4v) is 7.74. The van der Waals surface area contributed by atoms with Gasteiger partial charge in [-0.15, -0.1) is 11.3 Å². The first-order chi connectivity index (χ1) is 19.4.